The standard InChI is InChI=1S/C13H23N3O4S/c1-7(2)9(15-10(17)8(3)14-4)11(18)16-5-6-21-12(16)13(19)20/h7-9,12,14H,5-6H2,1-4H3,(H,15,17)(H,19,20). The van der Waals surface area contributed by atoms with E-state index in [0.29, 0.717) is 12.3 Å². The molecule has 3 N–H and O–H groups in total. The van der Waals surface area contributed by atoms with Crippen LogP contribution in [-0.2, 0) is 14.4 Å². The van der Waals surface area contributed by atoms with Gasteiger partial charge in [0.05, 0.1) is 6.04 Å². The third-order valence-electron chi connectivity index (χ3n) is 3.44. The van der Waals surface area contributed by atoms with Crippen LogP contribution in [0.2, 0.25) is 0 Å². The number of nitrogens with one attached hydrogen (secondary N) is 2. The van der Waals surface area contributed by atoms with E-state index in [1.165, 1.54) is 16.7 Å². The number of nitrogens with zero attached hydrogens (tertiary/aromatic N) is 1. The minimum absolute atomic E-state index is 0.120. The molecule has 0 aromatic carbocycles. The smallest absolute Gasteiger partial charge is 0.337 e. The van der Waals surface area contributed by atoms with Crippen LogP contribution in [0.5, 0.6) is 0 Å². The van der Waals surface area contributed by atoms with Gasteiger partial charge in [0.25, 0.3) is 0 Å². The summed E-state index contributed by atoms with van der Waals surface area (Å²) in [5.74, 6) is -1.16. The van der Waals surface area contributed by atoms with Crippen LogP contribution in [0.4, 0.5) is 0 Å². The van der Waals surface area contributed by atoms with E-state index in [9.17, 15) is 14.4 Å². The summed E-state index contributed by atoms with van der Waals surface area (Å²) < 4.78 is 0. The van der Waals surface area contributed by atoms with Crippen LogP contribution in [-0.4, -0.2) is 64.6 Å². The van der Waals surface area contributed by atoms with Crippen LogP contribution >= 0.6 is 11.8 Å². The minimum atomic E-state index is -1.02. The van der Waals surface area contributed by atoms with Gasteiger partial charge in [-0.25, -0.2) is 4.79 Å². The number of carbonyl (C=O) groups excluding carboxylic acids is 2. The van der Waals surface area contributed by atoms with E-state index < -0.39 is 23.4 Å². The van der Waals surface area contributed by atoms with Crippen molar-refractivity contribution in [1.82, 2.24) is 15.5 Å². The van der Waals surface area contributed by atoms with Gasteiger partial charge in [-0.15, -0.1) is 11.8 Å². The highest BCUT2D eigenvalue weighted by atomic mass is 32.2. The second-order valence-electron chi connectivity index (χ2n) is 5.33. The van der Waals surface area contributed by atoms with Crippen molar-refractivity contribution < 1.29 is 19.5 Å². The topological polar surface area (TPSA) is 98.7 Å². The molecule has 1 saturated heterocycles. The highest BCUT2D eigenvalue weighted by Crippen LogP contribution is 2.25. The van der Waals surface area contributed by atoms with E-state index >= 15 is 0 Å². The van der Waals surface area contributed by atoms with Crippen LogP contribution < -0.4 is 10.6 Å². The zero-order valence-electron chi connectivity index (χ0n) is 12.8. The lowest BCUT2D eigenvalue weighted by molar-refractivity contribution is -0.147. The molecule has 3 atom stereocenters. The molecule has 0 bridgehead atoms. The summed E-state index contributed by atoms with van der Waals surface area (Å²) in [6.07, 6.45) is 0. The molecule has 7 nitrogen and oxygen atoms in total. The third kappa shape index (κ3) is 4.34. The molecule has 1 rings (SSSR count). The van der Waals surface area contributed by atoms with E-state index in [2.05, 4.69) is 10.6 Å². The van der Waals surface area contributed by atoms with Gasteiger partial charge >= 0.3 is 5.97 Å². The average molecular weight is 317 g/mol. The zero-order chi connectivity index (χ0) is 16.2. The Labute approximate surface area is 128 Å². The Bertz CT molecular complexity index is 416. The third-order valence-corrected chi connectivity index (χ3v) is 4.63. The summed E-state index contributed by atoms with van der Waals surface area (Å²) in [7, 11) is 1.66. The van der Waals surface area contributed by atoms with Gasteiger partial charge in [0.1, 0.15) is 6.04 Å². The Morgan fingerprint density at radius 1 is 1.29 bits per heavy atom. The summed E-state index contributed by atoms with van der Waals surface area (Å²) in [6.45, 7) is 5.74. The molecule has 21 heavy (non-hydrogen) atoms. The number of aliphatic carboxylic acids is 1. The fourth-order valence-corrected chi connectivity index (χ4v) is 3.06. The molecule has 120 valence electrons. The number of carboxylic acid groups (broad SMARTS) is 1. The average Bonchev–Trinajstić information content (AvgIpc) is 2.91. The quantitative estimate of drug-likeness (QED) is 0.623. The first kappa shape index (κ1) is 17.8. The molecule has 1 aliphatic heterocycles. The van der Waals surface area contributed by atoms with Gasteiger partial charge in [-0.05, 0) is 19.9 Å². The molecule has 1 heterocycles. The first-order valence-corrected chi connectivity index (χ1v) is 7.97. The van der Waals surface area contributed by atoms with Crippen molar-refractivity contribution >= 4 is 29.5 Å². The van der Waals surface area contributed by atoms with Crippen LogP contribution in [0.15, 0.2) is 0 Å². The van der Waals surface area contributed by atoms with Gasteiger partial charge in [0.15, 0.2) is 5.37 Å². The zero-order valence-corrected chi connectivity index (χ0v) is 13.6. The molecule has 3 unspecified atom stereocenters. The molecule has 2 amide bonds. The van der Waals surface area contributed by atoms with Crippen LogP contribution in [0, 0.1) is 5.92 Å². The fraction of sp³-hybridized carbons (Fsp3) is 0.769. The molecule has 1 aliphatic rings. The van der Waals surface area contributed by atoms with Gasteiger partial charge in [-0.3, -0.25) is 9.59 Å². The monoisotopic (exact) mass is 317 g/mol. The molecular weight excluding hydrogens is 294 g/mol. The summed E-state index contributed by atoms with van der Waals surface area (Å²) in [5, 5.41) is 13.8. The number of likely N-dealkylation sites (N-methyl/N-ethyl adjacent to an activating group) is 1. The number of amides is 2. The number of hydrogen-bond acceptors (Lipinski definition) is 5. The molecule has 0 spiro atoms. The maximum Gasteiger partial charge on any atom is 0.337 e. The Hall–Kier alpha value is -1.28. The second-order valence-corrected chi connectivity index (χ2v) is 6.52. The highest BCUT2D eigenvalue weighted by molar-refractivity contribution is 8.00. The number of thioether (sulfide) groups is 1. The van der Waals surface area contributed by atoms with E-state index in [4.69, 9.17) is 5.11 Å². The maximum absolute atomic E-state index is 12.6. The van der Waals surface area contributed by atoms with Crippen LogP contribution in [0.3, 0.4) is 0 Å². The van der Waals surface area contributed by atoms with E-state index in [1.54, 1.807) is 14.0 Å². The van der Waals surface area contributed by atoms with E-state index in [0.717, 1.165) is 0 Å². The number of carboxylic acids is 1. The second kappa shape index (κ2) is 7.65. The minimum Gasteiger partial charge on any atom is -0.479 e. The molecule has 0 aliphatic carbocycles. The lowest BCUT2D eigenvalue weighted by Crippen LogP contribution is -2.56. The Morgan fingerprint density at radius 2 is 1.90 bits per heavy atom. The maximum atomic E-state index is 12.6. The SMILES string of the molecule is CNC(C)C(=O)NC(C(=O)N1CCSC1C(=O)O)C(C)C. The van der Waals surface area contributed by atoms with Crippen molar-refractivity contribution in [2.75, 3.05) is 19.3 Å². The normalized spacial score (nSPS) is 21.2. The summed E-state index contributed by atoms with van der Waals surface area (Å²) in [5.41, 5.74) is 0. The Kier molecular flexibility index (Phi) is 6.47. The van der Waals surface area contributed by atoms with Gasteiger partial charge in [0, 0.05) is 12.3 Å². The van der Waals surface area contributed by atoms with Gasteiger partial charge < -0.3 is 20.6 Å². The molecule has 8 heteroatoms. The van der Waals surface area contributed by atoms with Crippen molar-refractivity contribution in [2.45, 2.75) is 38.2 Å². The highest BCUT2D eigenvalue weighted by Gasteiger charge is 2.39. The number of hydrogen-bond donors (Lipinski definition) is 3. The molecule has 0 aromatic rings. The van der Waals surface area contributed by atoms with Crippen LogP contribution in [0.25, 0.3) is 0 Å². The molecular formula is C13H23N3O4S. The van der Waals surface area contributed by atoms with Crippen molar-refractivity contribution in [1.29, 1.82) is 0 Å². The van der Waals surface area contributed by atoms with Gasteiger partial charge in [0.2, 0.25) is 11.8 Å². The first-order valence-electron chi connectivity index (χ1n) is 6.92. The Morgan fingerprint density at radius 3 is 2.38 bits per heavy atom. The molecule has 0 saturated carbocycles. The number of rotatable bonds is 6. The lowest BCUT2D eigenvalue weighted by Gasteiger charge is -2.29. The van der Waals surface area contributed by atoms with Crippen LogP contribution in [0.1, 0.15) is 20.8 Å². The van der Waals surface area contributed by atoms with Crippen molar-refractivity contribution in [3.8, 4) is 0 Å². The summed E-state index contributed by atoms with van der Waals surface area (Å²) >= 11 is 1.23. The number of carbonyl (C=O) groups is 3. The molecule has 0 aromatic heterocycles. The predicted molar refractivity (Wildman–Crippen MR) is 80.9 cm³/mol. The Balaban J connectivity index is 2.83. The molecule has 1 fully saturated rings. The van der Waals surface area contributed by atoms with Gasteiger partial charge in [-0.2, -0.15) is 0 Å². The van der Waals surface area contributed by atoms with E-state index in [1.807, 2.05) is 13.8 Å². The molecule has 0 radical (unpaired) electrons. The van der Waals surface area contributed by atoms with Crippen molar-refractivity contribution in [3.63, 3.8) is 0 Å². The van der Waals surface area contributed by atoms with Crippen molar-refractivity contribution in [2.24, 2.45) is 5.92 Å². The van der Waals surface area contributed by atoms with E-state index in [-0.39, 0.29) is 17.7 Å². The predicted octanol–water partition coefficient (Wildman–Crippen LogP) is -0.279. The van der Waals surface area contributed by atoms with Crippen molar-refractivity contribution in [3.05, 3.63) is 0 Å². The largest absolute Gasteiger partial charge is 0.479 e. The fourth-order valence-electron chi connectivity index (χ4n) is 2.00. The first-order chi connectivity index (χ1) is 9.79. The summed E-state index contributed by atoms with van der Waals surface area (Å²) in [4.78, 5) is 37.0. The lowest BCUT2D eigenvalue weighted by atomic mass is 10.0. The summed E-state index contributed by atoms with van der Waals surface area (Å²) in [6, 6.07) is -1.13. The van der Waals surface area contributed by atoms with Gasteiger partial charge in [-0.1, -0.05) is 13.8 Å².